The molecule has 5 nitrogen and oxygen atoms in total. The van der Waals surface area contributed by atoms with Gasteiger partial charge in [0, 0.05) is 11.1 Å². The Kier molecular flexibility index (Phi) is 5.49. The monoisotopic (exact) mass is 407 g/mol. The van der Waals surface area contributed by atoms with E-state index in [-0.39, 0.29) is 5.75 Å². The van der Waals surface area contributed by atoms with Gasteiger partial charge in [-0.05, 0) is 22.5 Å². The Bertz CT molecular complexity index is 1100. The first kappa shape index (κ1) is 19.4. The summed E-state index contributed by atoms with van der Waals surface area (Å²) in [4.78, 5) is 11.0. The van der Waals surface area contributed by atoms with Crippen LogP contribution >= 0.6 is 0 Å². The van der Waals surface area contributed by atoms with Crippen LogP contribution in [0.3, 0.4) is 0 Å². The van der Waals surface area contributed by atoms with Crippen LogP contribution in [0, 0.1) is 0 Å². The summed E-state index contributed by atoms with van der Waals surface area (Å²) >= 11 is 0. The quantitative estimate of drug-likeness (QED) is 0.569. The predicted molar refractivity (Wildman–Crippen MR) is 112 cm³/mol. The fourth-order valence-electron chi connectivity index (χ4n) is 3.35. The molecule has 0 saturated carbocycles. The molecule has 0 bridgehead atoms. The highest BCUT2D eigenvalue weighted by atomic mass is 32.2. The van der Waals surface area contributed by atoms with Gasteiger partial charge in [-0.15, -0.1) is 0 Å². The van der Waals surface area contributed by atoms with Crippen LogP contribution in [0.5, 0.6) is 0 Å². The number of hydrogen-bond donors (Lipinski definition) is 0. The normalized spacial score (nSPS) is 17.8. The molecule has 0 spiro atoms. The van der Waals surface area contributed by atoms with Crippen molar-refractivity contribution in [2.24, 2.45) is 0 Å². The lowest BCUT2D eigenvalue weighted by Crippen LogP contribution is -2.39. The Morgan fingerprint density at radius 3 is 1.86 bits per heavy atom. The van der Waals surface area contributed by atoms with E-state index >= 15 is 0 Å². The zero-order valence-electron chi connectivity index (χ0n) is 15.9. The fraction of sp³-hybridized carbons (Fsp3) is 0.130. The molecule has 0 N–H and O–H groups in total. The zero-order chi connectivity index (χ0) is 20.3. The molecular weight excluding hydrogens is 386 g/mol. The lowest BCUT2D eigenvalue weighted by molar-refractivity contribution is -0.364. The molecule has 29 heavy (non-hydrogen) atoms. The van der Waals surface area contributed by atoms with Crippen LogP contribution in [0.2, 0.25) is 0 Å². The van der Waals surface area contributed by atoms with Crippen molar-refractivity contribution >= 4 is 21.4 Å². The average molecular weight is 407 g/mol. The Hall–Kier alpha value is -2.93. The highest BCUT2D eigenvalue weighted by Gasteiger charge is 2.41. The van der Waals surface area contributed by atoms with E-state index < -0.39 is 16.1 Å². The molecule has 0 amide bonds. The molecule has 3 aromatic carbocycles. The first-order valence-electron chi connectivity index (χ1n) is 9.38. The van der Waals surface area contributed by atoms with E-state index in [9.17, 15) is 8.42 Å². The zero-order valence-corrected chi connectivity index (χ0v) is 16.7. The number of benzene rings is 3. The maximum absolute atomic E-state index is 12.9. The van der Waals surface area contributed by atoms with Crippen LogP contribution < -0.4 is 0 Å². The SMILES string of the molecule is CCS(=O)(=O)N1OOC(c2ccccc2)=C(c2ccccc2)C1c1ccccc1. The van der Waals surface area contributed by atoms with Crippen molar-refractivity contribution in [3.8, 4) is 0 Å². The number of nitrogens with zero attached hydrogens (tertiary/aromatic N) is 1. The molecule has 4 rings (SSSR count). The van der Waals surface area contributed by atoms with Gasteiger partial charge in [-0.3, -0.25) is 0 Å². The summed E-state index contributed by atoms with van der Waals surface area (Å²) in [5.41, 5.74) is 3.19. The van der Waals surface area contributed by atoms with E-state index in [1.54, 1.807) is 6.92 Å². The molecule has 6 heteroatoms. The van der Waals surface area contributed by atoms with Crippen molar-refractivity contribution in [3.63, 3.8) is 0 Å². The van der Waals surface area contributed by atoms with Crippen LogP contribution in [0.15, 0.2) is 91.0 Å². The topological polar surface area (TPSA) is 55.8 Å². The largest absolute Gasteiger partial charge is 0.317 e. The minimum Gasteiger partial charge on any atom is -0.317 e. The average Bonchev–Trinajstić information content (AvgIpc) is 2.80. The van der Waals surface area contributed by atoms with Crippen molar-refractivity contribution in [2.75, 3.05) is 5.75 Å². The Labute approximate surface area is 170 Å². The number of hydroxylamine groups is 1. The summed E-state index contributed by atoms with van der Waals surface area (Å²) in [5.74, 6) is 0.385. The minimum absolute atomic E-state index is 0.109. The fourth-order valence-corrected chi connectivity index (χ4v) is 4.28. The van der Waals surface area contributed by atoms with Crippen LogP contribution in [-0.4, -0.2) is 18.6 Å². The van der Waals surface area contributed by atoms with E-state index in [0.29, 0.717) is 5.76 Å². The third kappa shape index (κ3) is 3.82. The first-order valence-corrected chi connectivity index (χ1v) is 11.0. The summed E-state index contributed by atoms with van der Waals surface area (Å²) in [6.07, 6.45) is 0. The highest BCUT2D eigenvalue weighted by molar-refractivity contribution is 7.88. The van der Waals surface area contributed by atoms with Crippen LogP contribution in [-0.2, 0) is 19.9 Å². The van der Waals surface area contributed by atoms with Crippen molar-refractivity contribution < 1.29 is 18.3 Å². The van der Waals surface area contributed by atoms with Crippen LogP contribution in [0.4, 0.5) is 0 Å². The van der Waals surface area contributed by atoms with E-state index in [1.165, 1.54) is 0 Å². The van der Waals surface area contributed by atoms with Crippen LogP contribution in [0.1, 0.15) is 29.7 Å². The number of hydrogen-bond acceptors (Lipinski definition) is 4. The van der Waals surface area contributed by atoms with Gasteiger partial charge < -0.3 is 4.89 Å². The van der Waals surface area contributed by atoms with Gasteiger partial charge >= 0.3 is 0 Å². The van der Waals surface area contributed by atoms with Gasteiger partial charge in [-0.2, -0.15) is 0 Å². The third-order valence-electron chi connectivity index (χ3n) is 4.80. The molecule has 1 aliphatic rings. The number of sulfonamides is 1. The first-order chi connectivity index (χ1) is 14.1. The van der Waals surface area contributed by atoms with E-state index in [4.69, 9.17) is 9.88 Å². The van der Waals surface area contributed by atoms with E-state index in [2.05, 4.69) is 0 Å². The van der Waals surface area contributed by atoms with Gasteiger partial charge in [0.05, 0.1) is 5.75 Å². The number of rotatable bonds is 5. The molecule has 0 saturated heterocycles. The smallest absolute Gasteiger partial charge is 0.239 e. The summed E-state index contributed by atoms with van der Waals surface area (Å²) in [6, 6.07) is 27.9. The lowest BCUT2D eigenvalue weighted by atomic mass is 9.90. The molecule has 1 aliphatic heterocycles. The lowest BCUT2D eigenvalue weighted by Gasteiger charge is -2.35. The Morgan fingerprint density at radius 2 is 1.31 bits per heavy atom. The van der Waals surface area contributed by atoms with Gasteiger partial charge in [0.2, 0.25) is 10.0 Å². The van der Waals surface area contributed by atoms with Gasteiger partial charge in [-0.25, -0.2) is 8.42 Å². The molecule has 0 aromatic heterocycles. The standard InChI is InChI=1S/C23H21NO4S/c1-2-29(25,26)24-22(19-14-8-4-9-15-19)21(18-12-6-3-7-13-18)23(27-28-24)20-16-10-5-11-17-20/h3-17,22H,2H2,1H3. The second-order valence-electron chi connectivity index (χ2n) is 6.60. The highest BCUT2D eigenvalue weighted by Crippen LogP contribution is 2.45. The molecule has 0 radical (unpaired) electrons. The molecule has 1 atom stereocenters. The maximum Gasteiger partial charge on any atom is 0.239 e. The Morgan fingerprint density at radius 1 is 0.793 bits per heavy atom. The van der Waals surface area contributed by atoms with Gasteiger partial charge in [0.15, 0.2) is 5.76 Å². The maximum atomic E-state index is 12.9. The summed E-state index contributed by atoms with van der Waals surface area (Å²) in [5, 5.41) is 0. The van der Waals surface area contributed by atoms with Crippen molar-refractivity contribution in [1.29, 1.82) is 0 Å². The second kappa shape index (κ2) is 8.21. The third-order valence-corrected chi connectivity index (χ3v) is 6.35. The van der Waals surface area contributed by atoms with E-state index in [0.717, 1.165) is 26.7 Å². The summed E-state index contributed by atoms with van der Waals surface area (Å²) < 4.78 is 26.7. The van der Waals surface area contributed by atoms with Gasteiger partial charge in [-0.1, -0.05) is 96.0 Å². The van der Waals surface area contributed by atoms with Crippen molar-refractivity contribution in [2.45, 2.75) is 13.0 Å². The summed E-state index contributed by atoms with van der Waals surface area (Å²) in [7, 11) is -3.71. The van der Waals surface area contributed by atoms with Gasteiger partial charge in [0.1, 0.15) is 6.04 Å². The molecule has 148 valence electrons. The van der Waals surface area contributed by atoms with Gasteiger partial charge in [0.25, 0.3) is 0 Å². The minimum atomic E-state index is -3.71. The predicted octanol–water partition coefficient (Wildman–Crippen LogP) is 4.82. The van der Waals surface area contributed by atoms with Crippen LogP contribution in [0.25, 0.3) is 11.3 Å². The second-order valence-corrected chi connectivity index (χ2v) is 8.70. The van der Waals surface area contributed by atoms with Crippen molar-refractivity contribution in [1.82, 2.24) is 4.47 Å². The molecule has 0 aliphatic carbocycles. The molecule has 3 aromatic rings. The molecule has 1 heterocycles. The Balaban J connectivity index is 2.01. The summed E-state index contributed by atoms with van der Waals surface area (Å²) in [6.45, 7) is 1.58. The molecular formula is C23H21NO4S. The molecule has 1 unspecified atom stereocenters. The van der Waals surface area contributed by atoms with Crippen molar-refractivity contribution in [3.05, 3.63) is 108 Å². The van der Waals surface area contributed by atoms with E-state index in [1.807, 2.05) is 91.0 Å². The molecule has 0 fully saturated rings.